The lowest BCUT2D eigenvalue weighted by atomic mass is 10.0. The summed E-state index contributed by atoms with van der Waals surface area (Å²) in [6.07, 6.45) is 1.84. The number of nitrogens with zero attached hydrogens (tertiary/aromatic N) is 4. The van der Waals surface area contributed by atoms with E-state index in [2.05, 4.69) is 21.1 Å². The van der Waals surface area contributed by atoms with Crippen molar-refractivity contribution < 1.29 is 9.90 Å². The van der Waals surface area contributed by atoms with E-state index in [0.717, 1.165) is 11.3 Å². The maximum absolute atomic E-state index is 11.0. The second-order valence-corrected chi connectivity index (χ2v) is 6.12. The van der Waals surface area contributed by atoms with Gasteiger partial charge in [0.2, 0.25) is 0 Å². The Morgan fingerprint density at radius 3 is 2.69 bits per heavy atom. The number of pyridine rings is 1. The number of aliphatic carboxylic acids is 1. The lowest BCUT2D eigenvalue weighted by molar-refractivity contribution is -0.137. The predicted molar refractivity (Wildman–Crippen MR) is 96.2 cm³/mol. The smallest absolute Gasteiger partial charge is 0.325 e. The number of carboxylic acids is 1. The van der Waals surface area contributed by atoms with Gasteiger partial charge in [-0.05, 0) is 38.5 Å². The van der Waals surface area contributed by atoms with Crippen molar-refractivity contribution in [1.29, 1.82) is 5.26 Å². The molecule has 0 amide bonds. The van der Waals surface area contributed by atoms with Crippen LogP contribution in [0.2, 0.25) is 0 Å². The fourth-order valence-corrected chi connectivity index (χ4v) is 3.03. The van der Waals surface area contributed by atoms with Gasteiger partial charge in [0.05, 0.1) is 11.4 Å². The Morgan fingerprint density at radius 2 is 2.12 bits per heavy atom. The van der Waals surface area contributed by atoms with E-state index in [4.69, 9.17) is 10.8 Å². The number of anilines is 1. The number of nitrogens with two attached hydrogens (primary N) is 1. The minimum absolute atomic E-state index is 0.122. The van der Waals surface area contributed by atoms with E-state index < -0.39 is 5.97 Å². The fraction of sp³-hybridized carbons (Fsp3) is 0.222. The van der Waals surface area contributed by atoms with Gasteiger partial charge >= 0.3 is 5.97 Å². The van der Waals surface area contributed by atoms with Gasteiger partial charge in [0.15, 0.2) is 0 Å². The van der Waals surface area contributed by atoms with Crippen molar-refractivity contribution in [3.05, 3.63) is 40.8 Å². The number of H-pyrrole nitrogens is 1. The normalized spacial score (nSPS) is 10.7. The molecule has 0 saturated heterocycles. The molecule has 8 heteroatoms. The number of aromatic nitrogens is 4. The van der Waals surface area contributed by atoms with Crippen molar-refractivity contribution in [1.82, 2.24) is 19.7 Å². The number of hydrogen-bond donors (Lipinski definition) is 3. The van der Waals surface area contributed by atoms with Gasteiger partial charge in [-0.1, -0.05) is 0 Å². The topological polar surface area (TPSA) is 134 Å². The molecule has 0 radical (unpaired) electrons. The molecule has 3 aromatic heterocycles. The van der Waals surface area contributed by atoms with Crippen molar-refractivity contribution in [3.8, 4) is 28.6 Å². The average molecular weight is 350 g/mol. The van der Waals surface area contributed by atoms with Gasteiger partial charge < -0.3 is 15.8 Å². The number of hydrogen-bond acceptors (Lipinski definition) is 5. The van der Waals surface area contributed by atoms with E-state index in [1.54, 1.807) is 19.9 Å². The van der Waals surface area contributed by atoms with Gasteiger partial charge in [-0.15, -0.1) is 0 Å². The third kappa shape index (κ3) is 2.91. The van der Waals surface area contributed by atoms with Crippen molar-refractivity contribution >= 4 is 11.8 Å². The Bertz CT molecular complexity index is 1050. The van der Waals surface area contributed by atoms with Crippen molar-refractivity contribution in [2.75, 3.05) is 5.73 Å². The zero-order valence-corrected chi connectivity index (χ0v) is 14.7. The van der Waals surface area contributed by atoms with E-state index in [9.17, 15) is 10.1 Å². The summed E-state index contributed by atoms with van der Waals surface area (Å²) in [5.41, 5.74) is 11.4. The molecule has 8 nitrogen and oxygen atoms in total. The number of nitriles is 1. The van der Waals surface area contributed by atoms with Crippen molar-refractivity contribution in [2.24, 2.45) is 0 Å². The summed E-state index contributed by atoms with van der Waals surface area (Å²) in [5, 5.41) is 22.8. The van der Waals surface area contributed by atoms with Gasteiger partial charge in [-0.3, -0.25) is 9.48 Å². The van der Waals surface area contributed by atoms with Crippen LogP contribution in [-0.2, 0) is 11.3 Å². The van der Waals surface area contributed by atoms with Crippen LogP contribution in [0.3, 0.4) is 0 Å². The molecule has 0 atom stereocenters. The third-order valence-corrected chi connectivity index (χ3v) is 4.20. The highest BCUT2D eigenvalue weighted by Crippen LogP contribution is 2.33. The Kier molecular flexibility index (Phi) is 4.22. The molecule has 0 aliphatic carbocycles. The van der Waals surface area contributed by atoms with Gasteiger partial charge in [0, 0.05) is 28.7 Å². The van der Waals surface area contributed by atoms with Gasteiger partial charge in [-0.2, -0.15) is 10.4 Å². The molecular formula is C18H18N6O2. The number of aryl methyl sites for hydroxylation is 2. The first kappa shape index (κ1) is 17.2. The van der Waals surface area contributed by atoms with Crippen LogP contribution in [-0.4, -0.2) is 30.8 Å². The largest absolute Gasteiger partial charge is 0.480 e. The second-order valence-electron chi connectivity index (χ2n) is 6.12. The van der Waals surface area contributed by atoms with Crippen LogP contribution in [0.25, 0.3) is 22.5 Å². The number of nitrogen functional groups attached to an aromatic ring is 1. The Hall–Kier alpha value is -3.60. The summed E-state index contributed by atoms with van der Waals surface area (Å²) < 4.78 is 1.42. The first-order valence-corrected chi connectivity index (χ1v) is 7.94. The molecule has 3 rings (SSSR count). The molecule has 26 heavy (non-hydrogen) atoms. The lowest BCUT2D eigenvalue weighted by Crippen LogP contribution is -2.11. The molecule has 0 aliphatic heterocycles. The molecule has 3 heterocycles. The van der Waals surface area contributed by atoms with Crippen LogP contribution < -0.4 is 5.73 Å². The van der Waals surface area contributed by atoms with Crippen molar-refractivity contribution in [3.63, 3.8) is 0 Å². The zero-order chi connectivity index (χ0) is 19.0. The van der Waals surface area contributed by atoms with Crippen LogP contribution in [0.1, 0.15) is 22.5 Å². The molecule has 0 spiro atoms. The zero-order valence-electron chi connectivity index (χ0n) is 14.7. The van der Waals surface area contributed by atoms with Gasteiger partial charge in [-0.25, -0.2) is 4.98 Å². The summed E-state index contributed by atoms with van der Waals surface area (Å²) >= 11 is 0. The standard InChI is InChI=1S/C18H18N6O2/c1-9-4-14(21-7-9)12-5-15(22-18(20)13(12)6-19)17-10(2)23-24(11(17)3)8-16(25)26/h4-5,7,21H,8H2,1-3H3,(H2,20,22)(H,25,26). The van der Waals surface area contributed by atoms with Crippen molar-refractivity contribution in [2.45, 2.75) is 27.3 Å². The Balaban J connectivity index is 2.22. The third-order valence-electron chi connectivity index (χ3n) is 4.20. The lowest BCUT2D eigenvalue weighted by Gasteiger charge is -2.09. The Morgan fingerprint density at radius 1 is 1.38 bits per heavy atom. The molecular weight excluding hydrogens is 332 g/mol. The maximum atomic E-state index is 11.0. The van der Waals surface area contributed by atoms with Crippen LogP contribution in [0.5, 0.6) is 0 Å². The quantitative estimate of drug-likeness (QED) is 0.661. The van der Waals surface area contributed by atoms with Crippen LogP contribution in [0.15, 0.2) is 18.3 Å². The number of carbonyl (C=O) groups is 1. The summed E-state index contributed by atoms with van der Waals surface area (Å²) in [6, 6.07) is 5.81. The molecule has 0 unspecified atom stereocenters. The molecule has 132 valence electrons. The first-order valence-electron chi connectivity index (χ1n) is 7.94. The first-order chi connectivity index (χ1) is 12.3. The molecule has 0 bridgehead atoms. The number of nitrogens with one attached hydrogen (secondary N) is 1. The highest BCUT2D eigenvalue weighted by atomic mass is 16.4. The number of rotatable bonds is 4. The summed E-state index contributed by atoms with van der Waals surface area (Å²) in [5.74, 6) is -0.853. The van der Waals surface area contributed by atoms with E-state index >= 15 is 0 Å². The van der Waals surface area contributed by atoms with E-state index in [-0.39, 0.29) is 12.4 Å². The highest BCUT2D eigenvalue weighted by Gasteiger charge is 2.20. The molecule has 0 saturated carbocycles. The summed E-state index contributed by atoms with van der Waals surface area (Å²) in [6.45, 7) is 5.28. The average Bonchev–Trinajstić information content (AvgIpc) is 3.10. The van der Waals surface area contributed by atoms with E-state index in [0.29, 0.717) is 33.8 Å². The molecule has 4 N–H and O–H groups in total. The monoisotopic (exact) mass is 350 g/mol. The predicted octanol–water partition coefficient (Wildman–Crippen LogP) is 2.40. The number of carboxylic acid groups (broad SMARTS) is 1. The minimum Gasteiger partial charge on any atom is -0.480 e. The molecule has 0 fully saturated rings. The highest BCUT2D eigenvalue weighted by molar-refractivity contribution is 5.80. The van der Waals surface area contributed by atoms with Crippen LogP contribution in [0.4, 0.5) is 5.82 Å². The fourth-order valence-electron chi connectivity index (χ4n) is 3.03. The van der Waals surface area contributed by atoms with Crippen LogP contribution in [0, 0.1) is 32.1 Å². The SMILES string of the molecule is Cc1c[nH]c(-c2cc(-c3c(C)nn(CC(=O)O)c3C)nc(N)c2C#N)c1. The maximum Gasteiger partial charge on any atom is 0.325 e. The Labute approximate surface area is 149 Å². The summed E-state index contributed by atoms with van der Waals surface area (Å²) in [4.78, 5) is 18.5. The molecule has 0 aromatic carbocycles. The van der Waals surface area contributed by atoms with Gasteiger partial charge in [0.25, 0.3) is 0 Å². The minimum atomic E-state index is -0.975. The van der Waals surface area contributed by atoms with E-state index in [1.165, 1.54) is 4.68 Å². The number of aromatic amines is 1. The molecule has 3 aromatic rings. The summed E-state index contributed by atoms with van der Waals surface area (Å²) in [7, 11) is 0. The van der Waals surface area contributed by atoms with E-state index in [1.807, 2.05) is 19.2 Å². The second kappa shape index (κ2) is 6.37. The molecule has 0 aliphatic rings. The van der Waals surface area contributed by atoms with Gasteiger partial charge in [0.1, 0.15) is 24.0 Å². The van der Waals surface area contributed by atoms with Crippen LogP contribution >= 0.6 is 0 Å².